The highest BCUT2D eigenvalue weighted by Crippen LogP contribution is 2.28. The van der Waals surface area contributed by atoms with Crippen molar-refractivity contribution in [2.45, 2.75) is 0 Å². The molecule has 0 fully saturated rings. The largest absolute Gasteiger partial charge is 0.497 e. The summed E-state index contributed by atoms with van der Waals surface area (Å²) in [6, 6.07) is 16.5. The molecule has 3 rings (SSSR count). The molecule has 0 aliphatic carbocycles. The predicted molar refractivity (Wildman–Crippen MR) is 112 cm³/mol. The summed E-state index contributed by atoms with van der Waals surface area (Å²) in [5.74, 6) is -0.557. The quantitative estimate of drug-likeness (QED) is 0.271. The molecule has 0 radical (unpaired) electrons. The van der Waals surface area contributed by atoms with E-state index in [0.29, 0.717) is 16.9 Å². The van der Waals surface area contributed by atoms with Crippen molar-refractivity contribution in [1.29, 1.82) is 0 Å². The van der Waals surface area contributed by atoms with Crippen LogP contribution in [0.4, 0.5) is 4.39 Å². The summed E-state index contributed by atoms with van der Waals surface area (Å²) < 4.78 is 28.9. The molecule has 31 heavy (non-hydrogen) atoms. The van der Waals surface area contributed by atoms with Gasteiger partial charge in [0.2, 0.25) is 0 Å². The fourth-order valence-corrected chi connectivity index (χ4v) is 2.60. The molecule has 3 aromatic rings. The van der Waals surface area contributed by atoms with Crippen LogP contribution in [0.5, 0.6) is 17.2 Å². The third kappa shape index (κ3) is 5.66. The lowest BCUT2D eigenvalue weighted by Crippen LogP contribution is -2.17. The maximum atomic E-state index is 13.3. The van der Waals surface area contributed by atoms with Gasteiger partial charge in [-0.3, -0.25) is 4.79 Å². The van der Waals surface area contributed by atoms with Gasteiger partial charge < -0.3 is 14.2 Å². The zero-order valence-corrected chi connectivity index (χ0v) is 16.8. The summed E-state index contributed by atoms with van der Waals surface area (Å²) in [6.07, 6.45) is 1.42. The number of esters is 1. The second kappa shape index (κ2) is 10.0. The van der Waals surface area contributed by atoms with E-state index in [1.54, 1.807) is 43.5 Å². The van der Waals surface area contributed by atoms with Gasteiger partial charge in [0.25, 0.3) is 5.91 Å². The van der Waals surface area contributed by atoms with Crippen LogP contribution >= 0.6 is 0 Å². The Balaban J connectivity index is 1.66. The molecule has 0 atom stereocenters. The molecule has 3 aromatic carbocycles. The number of amides is 1. The molecule has 1 amide bonds. The Hall–Kier alpha value is -4.20. The lowest BCUT2D eigenvalue weighted by molar-refractivity contribution is 0.0729. The second-order valence-electron chi connectivity index (χ2n) is 6.24. The van der Waals surface area contributed by atoms with E-state index in [1.807, 2.05) is 0 Å². The van der Waals surface area contributed by atoms with Gasteiger partial charge in [0.15, 0.2) is 11.5 Å². The van der Waals surface area contributed by atoms with E-state index in [0.717, 1.165) is 6.07 Å². The van der Waals surface area contributed by atoms with Gasteiger partial charge in [0.05, 0.1) is 26.0 Å². The number of ether oxygens (including phenoxy) is 3. The lowest BCUT2D eigenvalue weighted by atomic mass is 10.2. The Labute approximate surface area is 178 Å². The van der Waals surface area contributed by atoms with Crippen LogP contribution in [0.15, 0.2) is 71.8 Å². The van der Waals surface area contributed by atoms with Crippen LogP contribution in [-0.4, -0.2) is 32.3 Å². The average molecular weight is 422 g/mol. The van der Waals surface area contributed by atoms with Crippen molar-refractivity contribution in [2.75, 3.05) is 14.2 Å². The zero-order chi connectivity index (χ0) is 22.2. The number of hydrazone groups is 1. The van der Waals surface area contributed by atoms with E-state index >= 15 is 0 Å². The van der Waals surface area contributed by atoms with Gasteiger partial charge >= 0.3 is 5.97 Å². The molecule has 0 spiro atoms. The van der Waals surface area contributed by atoms with Gasteiger partial charge in [-0.15, -0.1) is 0 Å². The van der Waals surface area contributed by atoms with Crippen molar-refractivity contribution in [3.8, 4) is 17.2 Å². The first kappa shape index (κ1) is 21.5. The Kier molecular flexibility index (Phi) is 6.95. The van der Waals surface area contributed by atoms with Crippen molar-refractivity contribution in [1.82, 2.24) is 5.43 Å². The van der Waals surface area contributed by atoms with Crippen LogP contribution in [0.2, 0.25) is 0 Å². The highest BCUT2D eigenvalue weighted by molar-refractivity contribution is 5.95. The molecule has 0 saturated carbocycles. The van der Waals surface area contributed by atoms with Crippen molar-refractivity contribution >= 4 is 18.1 Å². The molecule has 0 aromatic heterocycles. The highest BCUT2D eigenvalue weighted by Gasteiger charge is 2.13. The summed E-state index contributed by atoms with van der Waals surface area (Å²) in [5.41, 5.74) is 3.52. The first-order valence-corrected chi connectivity index (χ1v) is 9.13. The van der Waals surface area contributed by atoms with Crippen molar-refractivity contribution in [2.24, 2.45) is 5.10 Å². The van der Waals surface area contributed by atoms with Crippen LogP contribution in [-0.2, 0) is 0 Å². The maximum absolute atomic E-state index is 13.3. The third-order valence-corrected chi connectivity index (χ3v) is 4.18. The van der Waals surface area contributed by atoms with Gasteiger partial charge in [0.1, 0.15) is 11.6 Å². The van der Waals surface area contributed by atoms with E-state index in [1.165, 1.54) is 37.6 Å². The molecule has 158 valence electrons. The Morgan fingerprint density at radius 1 is 0.903 bits per heavy atom. The molecule has 7 nitrogen and oxygen atoms in total. The number of methoxy groups -OCH3 is 2. The van der Waals surface area contributed by atoms with Crippen LogP contribution in [0.3, 0.4) is 0 Å². The summed E-state index contributed by atoms with van der Waals surface area (Å²) in [5, 5.41) is 3.92. The molecular formula is C23H19FN2O5. The number of nitrogens with zero attached hydrogens (tertiary/aromatic N) is 1. The van der Waals surface area contributed by atoms with Gasteiger partial charge in [0, 0.05) is 5.56 Å². The Morgan fingerprint density at radius 3 is 2.35 bits per heavy atom. The fraction of sp³-hybridized carbons (Fsp3) is 0.0870. The molecule has 0 aliphatic rings. The molecular weight excluding hydrogens is 403 g/mol. The van der Waals surface area contributed by atoms with Crippen LogP contribution in [0.1, 0.15) is 26.3 Å². The number of hydrogen-bond donors (Lipinski definition) is 1. The minimum atomic E-state index is -0.717. The Morgan fingerprint density at radius 2 is 1.68 bits per heavy atom. The second-order valence-corrected chi connectivity index (χ2v) is 6.24. The van der Waals surface area contributed by atoms with Crippen LogP contribution in [0, 0.1) is 5.82 Å². The van der Waals surface area contributed by atoms with Crippen LogP contribution < -0.4 is 19.6 Å². The molecule has 0 heterocycles. The van der Waals surface area contributed by atoms with Crippen molar-refractivity contribution in [3.63, 3.8) is 0 Å². The molecule has 1 N–H and O–H groups in total. The number of halogens is 1. The fourth-order valence-electron chi connectivity index (χ4n) is 2.60. The van der Waals surface area contributed by atoms with Gasteiger partial charge in [-0.05, 0) is 66.2 Å². The smallest absolute Gasteiger partial charge is 0.343 e. The molecule has 0 saturated heterocycles. The number of carbonyl (C=O) groups is 2. The lowest BCUT2D eigenvalue weighted by Gasteiger charge is -2.10. The third-order valence-electron chi connectivity index (χ3n) is 4.18. The Bertz CT molecular complexity index is 1110. The van der Waals surface area contributed by atoms with Gasteiger partial charge in [-0.25, -0.2) is 14.6 Å². The normalized spacial score (nSPS) is 10.5. The monoisotopic (exact) mass is 422 g/mol. The van der Waals surface area contributed by atoms with Crippen LogP contribution in [0.25, 0.3) is 0 Å². The average Bonchev–Trinajstić information content (AvgIpc) is 2.79. The van der Waals surface area contributed by atoms with E-state index in [9.17, 15) is 14.0 Å². The minimum absolute atomic E-state index is 0.0777. The van der Waals surface area contributed by atoms with E-state index < -0.39 is 11.8 Å². The zero-order valence-electron chi connectivity index (χ0n) is 16.8. The molecule has 8 heteroatoms. The summed E-state index contributed by atoms with van der Waals surface area (Å²) in [7, 11) is 2.96. The van der Waals surface area contributed by atoms with E-state index in [4.69, 9.17) is 14.2 Å². The molecule has 0 unspecified atom stereocenters. The minimum Gasteiger partial charge on any atom is -0.497 e. The number of hydrogen-bond acceptors (Lipinski definition) is 6. The SMILES string of the molecule is COc1ccc(C(=O)N/N=C\c2ccc(OC(=O)c3cccc(F)c3)c(OC)c2)cc1. The van der Waals surface area contributed by atoms with E-state index in [-0.39, 0.29) is 23.0 Å². The number of nitrogens with one attached hydrogen (secondary N) is 1. The molecule has 0 bridgehead atoms. The highest BCUT2D eigenvalue weighted by atomic mass is 19.1. The van der Waals surface area contributed by atoms with E-state index in [2.05, 4.69) is 10.5 Å². The van der Waals surface area contributed by atoms with Crippen molar-refractivity contribution in [3.05, 3.63) is 89.2 Å². The predicted octanol–water partition coefficient (Wildman–Crippen LogP) is 3.83. The topological polar surface area (TPSA) is 86.2 Å². The van der Waals surface area contributed by atoms with Gasteiger partial charge in [-0.2, -0.15) is 5.10 Å². The summed E-state index contributed by atoms with van der Waals surface area (Å²) in [6.45, 7) is 0. The first-order chi connectivity index (χ1) is 15.0. The number of benzene rings is 3. The van der Waals surface area contributed by atoms with Crippen molar-refractivity contribution < 1.29 is 28.2 Å². The molecule has 0 aliphatic heterocycles. The standard InChI is InChI=1S/C23H19FN2O5/c1-29-19-9-7-16(8-10-19)22(27)26-25-14-15-6-11-20(21(12-15)30-2)31-23(28)17-4-3-5-18(24)13-17/h3-14H,1-2H3,(H,26,27)/b25-14-. The van der Waals surface area contributed by atoms with Gasteiger partial charge in [-0.1, -0.05) is 6.07 Å². The first-order valence-electron chi connectivity index (χ1n) is 9.13. The number of rotatable bonds is 7. The summed E-state index contributed by atoms with van der Waals surface area (Å²) in [4.78, 5) is 24.3. The maximum Gasteiger partial charge on any atom is 0.343 e. The number of carbonyl (C=O) groups excluding carboxylic acids is 2. The summed E-state index contributed by atoms with van der Waals surface area (Å²) >= 11 is 0.